The van der Waals surface area contributed by atoms with Crippen molar-refractivity contribution >= 4 is 17.1 Å². The first-order valence-corrected chi connectivity index (χ1v) is 9.63. The van der Waals surface area contributed by atoms with Crippen molar-refractivity contribution in [1.29, 1.82) is 0 Å². The molecule has 1 aliphatic heterocycles. The minimum atomic E-state index is -4.28. The lowest BCUT2D eigenvalue weighted by atomic mass is 10.1. The largest absolute Gasteiger partial charge is 0.389 e. The molecule has 0 aromatic carbocycles. The zero-order valence-electron chi connectivity index (χ0n) is 16.9. The Morgan fingerprint density at radius 2 is 1.90 bits per heavy atom. The Morgan fingerprint density at radius 1 is 1.13 bits per heavy atom. The Labute approximate surface area is 171 Å². The molecule has 0 radical (unpaired) electrons. The molecule has 1 saturated heterocycles. The maximum Gasteiger partial charge on any atom is 0.389 e. The number of ether oxygens (including phenoxy) is 1. The van der Waals surface area contributed by atoms with Gasteiger partial charge in [0.2, 0.25) is 5.95 Å². The molecule has 0 N–H and O–H groups in total. The van der Waals surface area contributed by atoms with Crippen molar-refractivity contribution in [3.05, 3.63) is 35.0 Å². The summed E-state index contributed by atoms with van der Waals surface area (Å²) in [7, 11) is 1.83. The van der Waals surface area contributed by atoms with Crippen LogP contribution in [0.1, 0.15) is 35.2 Å². The number of nitrogens with zero attached hydrogens (tertiary/aromatic N) is 7. The topological polar surface area (TPSA) is 81.9 Å². The van der Waals surface area contributed by atoms with Gasteiger partial charge in [0.05, 0.1) is 36.4 Å². The third kappa shape index (κ3) is 4.35. The van der Waals surface area contributed by atoms with Crippen molar-refractivity contribution in [3.63, 3.8) is 0 Å². The van der Waals surface area contributed by atoms with Crippen LogP contribution in [0.4, 0.5) is 19.1 Å². The number of hydrogen-bond acceptors (Lipinski definition) is 7. The third-order valence-corrected chi connectivity index (χ3v) is 5.09. The van der Waals surface area contributed by atoms with E-state index in [0.29, 0.717) is 48.2 Å². The molecule has 3 aromatic heterocycles. The maximum absolute atomic E-state index is 12.9. The van der Waals surface area contributed by atoms with E-state index in [4.69, 9.17) is 4.74 Å². The fourth-order valence-corrected chi connectivity index (χ4v) is 3.37. The molecule has 4 rings (SSSR count). The molecule has 3 aromatic rings. The van der Waals surface area contributed by atoms with E-state index in [1.165, 1.54) is 0 Å². The summed E-state index contributed by atoms with van der Waals surface area (Å²) >= 11 is 0. The van der Waals surface area contributed by atoms with Crippen LogP contribution in [0.3, 0.4) is 0 Å². The first kappa shape index (κ1) is 20.5. The number of rotatable bonds is 4. The van der Waals surface area contributed by atoms with Crippen LogP contribution in [0.15, 0.2) is 12.4 Å². The van der Waals surface area contributed by atoms with E-state index in [0.717, 1.165) is 5.56 Å². The van der Waals surface area contributed by atoms with Gasteiger partial charge in [0.1, 0.15) is 11.6 Å². The molecule has 0 amide bonds. The molecule has 0 bridgehead atoms. The molecule has 30 heavy (non-hydrogen) atoms. The summed E-state index contributed by atoms with van der Waals surface area (Å²) in [5.41, 5.74) is 3.14. The zero-order valence-corrected chi connectivity index (χ0v) is 16.9. The standard InChI is InChI=1S/C19H22F3N7O/c1-11-12(2)25-17-16(24-11)14(4-5-19(20,21)22)26-18(27-17)29-6-7-30-15(10-29)13-8-23-28(3)9-13/h8-9,15H,4-7,10H2,1-3H3. The number of aryl methyl sites for hydroxylation is 4. The van der Waals surface area contributed by atoms with Crippen LogP contribution in [-0.4, -0.2) is 55.6 Å². The van der Waals surface area contributed by atoms with Gasteiger partial charge in [-0.05, 0) is 13.8 Å². The van der Waals surface area contributed by atoms with Crippen LogP contribution in [-0.2, 0) is 18.2 Å². The van der Waals surface area contributed by atoms with Crippen molar-refractivity contribution in [2.45, 2.75) is 39.0 Å². The minimum Gasteiger partial charge on any atom is -0.370 e. The van der Waals surface area contributed by atoms with Crippen molar-refractivity contribution in [1.82, 2.24) is 29.7 Å². The number of halogens is 3. The van der Waals surface area contributed by atoms with Crippen molar-refractivity contribution in [2.24, 2.45) is 7.05 Å². The molecule has 0 aliphatic carbocycles. The zero-order chi connectivity index (χ0) is 21.5. The van der Waals surface area contributed by atoms with Crippen molar-refractivity contribution in [2.75, 3.05) is 24.6 Å². The molecule has 4 heterocycles. The number of alkyl halides is 3. The lowest BCUT2D eigenvalue weighted by molar-refractivity contribution is -0.134. The molecule has 1 aliphatic rings. The van der Waals surface area contributed by atoms with Gasteiger partial charge in [-0.1, -0.05) is 0 Å². The molecule has 1 unspecified atom stereocenters. The van der Waals surface area contributed by atoms with Crippen LogP contribution in [0, 0.1) is 13.8 Å². The van der Waals surface area contributed by atoms with Gasteiger partial charge in [0.15, 0.2) is 5.65 Å². The van der Waals surface area contributed by atoms with Crippen LogP contribution < -0.4 is 4.90 Å². The van der Waals surface area contributed by atoms with Crippen molar-refractivity contribution < 1.29 is 17.9 Å². The Bertz CT molecular complexity index is 1070. The van der Waals surface area contributed by atoms with E-state index >= 15 is 0 Å². The first-order chi connectivity index (χ1) is 14.2. The average molecular weight is 421 g/mol. The Kier molecular flexibility index (Phi) is 5.31. The molecular formula is C19H22F3N7O. The Morgan fingerprint density at radius 3 is 2.60 bits per heavy atom. The summed E-state index contributed by atoms with van der Waals surface area (Å²) in [6, 6.07) is 0. The van der Waals surface area contributed by atoms with Crippen LogP contribution >= 0.6 is 0 Å². The second-order valence-corrected chi connectivity index (χ2v) is 7.40. The van der Waals surface area contributed by atoms with Gasteiger partial charge in [-0.25, -0.2) is 15.0 Å². The number of morpholine rings is 1. The summed E-state index contributed by atoms with van der Waals surface area (Å²) in [6.07, 6.45) is -2.15. The third-order valence-electron chi connectivity index (χ3n) is 5.09. The quantitative estimate of drug-likeness (QED) is 0.641. The van der Waals surface area contributed by atoms with Gasteiger partial charge in [0, 0.05) is 38.2 Å². The lowest BCUT2D eigenvalue weighted by Gasteiger charge is -2.32. The second kappa shape index (κ2) is 7.78. The van der Waals surface area contributed by atoms with Gasteiger partial charge < -0.3 is 9.64 Å². The minimum absolute atomic E-state index is 0.226. The van der Waals surface area contributed by atoms with E-state index in [1.807, 2.05) is 18.1 Å². The fourth-order valence-electron chi connectivity index (χ4n) is 3.37. The summed E-state index contributed by atoms with van der Waals surface area (Å²) in [5, 5.41) is 4.17. The summed E-state index contributed by atoms with van der Waals surface area (Å²) in [4.78, 5) is 19.8. The highest BCUT2D eigenvalue weighted by molar-refractivity contribution is 5.74. The first-order valence-electron chi connectivity index (χ1n) is 9.63. The molecule has 1 atom stereocenters. The molecule has 0 saturated carbocycles. The molecule has 8 nitrogen and oxygen atoms in total. The molecular weight excluding hydrogens is 399 g/mol. The second-order valence-electron chi connectivity index (χ2n) is 7.40. The molecule has 11 heteroatoms. The van der Waals surface area contributed by atoms with Gasteiger partial charge in [-0.15, -0.1) is 0 Å². The predicted molar refractivity (Wildman–Crippen MR) is 103 cm³/mol. The smallest absolute Gasteiger partial charge is 0.370 e. The number of fused-ring (bicyclic) bond motifs is 1. The highest BCUT2D eigenvalue weighted by Crippen LogP contribution is 2.28. The number of anilines is 1. The SMILES string of the molecule is Cc1nc2nc(N3CCOC(c4cnn(C)c4)C3)nc(CCC(F)(F)F)c2nc1C. The van der Waals surface area contributed by atoms with E-state index < -0.39 is 12.6 Å². The van der Waals surface area contributed by atoms with E-state index in [2.05, 4.69) is 25.0 Å². The highest BCUT2D eigenvalue weighted by atomic mass is 19.4. The molecule has 160 valence electrons. The maximum atomic E-state index is 12.9. The predicted octanol–water partition coefficient (Wildman–Crippen LogP) is 2.84. The lowest BCUT2D eigenvalue weighted by Crippen LogP contribution is -2.39. The van der Waals surface area contributed by atoms with Gasteiger partial charge in [0.25, 0.3) is 0 Å². The number of aromatic nitrogens is 6. The monoisotopic (exact) mass is 421 g/mol. The summed E-state index contributed by atoms with van der Waals surface area (Å²) in [6.45, 7) is 5.00. The van der Waals surface area contributed by atoms with E-state index in [9.17, 15) is 13.2 Å². The van der Waals surface area contributed by atoms with Gasteiger partial charge in [-0.3, -0.25) is 4.68 Å². The highest BCUT2D eigenvalue weighted by Gasteiger charge is 2.29. The summed E-state index contributed by atoms with van der Waals surface area (Å²) in [5.74, 6) is 0.342. The Hall–Kier alpha value is -2.82. The summed E-state index contributed by atoms with van der Waals surface area (Å²) < 4.78 is 46.1. The molecule has 0 spiro atoms. The molecule has 1 fully saturated rings. The van der Waals surface area contributed by atoms with E-state index in [1.54, 1.807) is 24.7 Å². The van der Waals surface area contributed by atoms with Gasteiger partial charge >= 0.3 is 6.18 Å². The van der Waals surface area contributed by atoms with Crippen LogP contribution in [0.25, 0.3) is 11.2 Å². The van der Waals surface area contributed by atoms with E-state index in [-0.39, 0.29) is 18.2 Å². The fraction of sp³-hybridized carbons (Fsp3) is 0.526. The number of hydrogen-bond donors (Lipinski definition) is 0. The van der Waals surface area contributed by atoms with Gasteiger partial charge in [-0.2, -0.15) is 23.3 Å². The average Bonchev–Trinajstić information content (AvgIpc) is 3.13. The van der Waals surface area contributed by atoms with Crippen LogP contribution in [0.5, 0.6) is 0 Å². The normalized spacial score (nSPS) is 17.7. The Balaban J connectivity index is 1.70. The van der Waals surface area contributed by atoms with Crippen molar-refractivity contribution in [3.8, 4) is 0 Å². The van der Waals surface area contributed by atoms with Crippen LogP contribution in [0.2, 0.25) is 0 Å².